The first-order valence-corrected chi connectivity index (χ1v) is 12.6. The Kier molecular flexibility index (Phi) is 5.01. The Morgan fingerprint density at radius 3 is 2.69 bits per heavy atom. The van der Waals surface area contributed by atoms with Crippen molar-refractivity contribution in [3.63, 3.8) is 0 Å². The van der Waals surface area contributed by atoms with Gasteiger partial charge in [0.15, 0.2) is 23.5 Å². The van der Waals surface area contributed by atoms with E-state index in [1.54, 1.807) is 24.3 Å². The van der Waals surface area contributed by atoms with Gasteiger partial charge in [0.05, 0.1) is 12.2 Å². The van der Waals surface area contributed by atoms with Gasteiger partial charge in [0.2, 0.25) is 0 Å². The maximum Gasteiger partial charge on any atom is 0.193 e. The van der Waals surface area contributed by atoms with Gasteiger partial charge in [0.25, 0.3) is 0 Å². The second kappa shape index (κ2) is 7.59. The summed E-state index contributed by atoms with van der Waals surface area (Å²) in [6.07, 6.45) is 6.00. The van der Waals surface area contributed by atoms with Gasteiger partial charge in [0, 0.05) is 28.0 Å². The lowest BCUT2D eigenvalue weighted by atomic mass is 9.46. The monoisotopic (exact) mass is 479 g/mol. The van der Waals surface area contributed by atoms with E-state index in [0.29, 0.717) is 18.5 Å². The summed E-state index contributed by atoms with van der Waals surface area (Å²) in [5, 5.41) is 21.7. The van der Waals surface area contributed by atoms with Crippen molar-refractivity contribution >= 4 is 17.3 Å². The van der Waals surface area contributed by atoms with Crippen LogP contribution in [0.3, 0.4) is 0 Å². The third-order valence-electron chi connectivity index (χ3n) is 10.0. The van der Waals surface area contributed by atoms with Gasteiger partial charge in [-0.05, 0) is 61.8 Å². The van der Waals surface area contributed by atoms with Crippen molar-refractivity contribution in [3.8, 4) is 0 Å². The number of aliphatic hydroxyl groups excluding tert-OH is 2. The Morgan fingerprint density at radius 1 is 1.23 bits per heavy atom. The van der Waals surface area contributed by atoms with Crippen LogP contribution in [0.1, 0.15) is 51.4 Å². The molecule has 9 atom stereocenters. The molecule has 1 saturated heterocycles. The van der Waals surface area contributed by atoms with Crippen LogP contribution in [0, 0.1) is 28.6 Å². The van der Waals surface area contributed by atoms with Gasteiger partial charge < -0.3 is 25.4 Å². The van der Waals surface area contributed by atoms with Crippen LogP contribution < -0.4 is 5.73 Å². The molecule has 1 aromatic rings. The molecule has 0 spiro atoms. The maximum absolute atomic E-state index is 13.5. The van der Waals surface area contributed by atoms with Crippen LogP contribution in [-0.4, -0.2) is 46.2 Å². The van der Waals surface area contributed by atoms with E-state index < -0.39 is 41.5 Å². The second-order valence-electron chi connectivity index (χ2n) is 11.5. The Bertz CT molecular complexity index is 1140. The molecule has 7 heteroatoms. The standard InChI is InChI=1S/C28H33NO6/c1-26-10-9-18(31)11-16(26)5-8-19-20-12-23-28(22(33)14-30,27(20,2)13-21(32)24(19)26)35-25(34-23)15-3-6-17(29)7-4-15/h3-4,6-7,9-11,19-21,23-25,30,32H,5,8,12-14,29H2,1-2H3/t19-,20-,21-,23+,24+,25+,26-,27-,28+/m0/s1. The molecular weight excluding hydrogens is 446 g/mol. The number of Topliss-reactive ketones (excluding diaryl/α,β-unsaturated/α-hetero) is 1. The van der Waals surface area contributed by atoms with E-state index in [1.165, 1.54) is 0 Å². The van der Waals surface area contributed by atoms with Gasteiger partial charge in [-0.3, -0.25) is 9.59 Å². The molecule has 4 N–H and O–H groups in total. The first-order chi connectivity index (χ1) is 16.6. The van der Waals surface area contributed by atoms with Crippen LogP contribution >= 0.6 is 0 Å². The summed E-state index contributed by atoms with van der Waals surface area (Å²) in [7, 11) is 0. The normalized spacial score (nSPS) is 45.8. The number of hydrogen-bond acceptors (Lipinski definition) is 7. The number of fused-ring (bicyclic) bond motifs is 7. The SMILES string of the molecule is C[C@]12C=CC(=O)C=C1CC[C@@H]1[C@@H]2[C@@H](O)C[C@@]2(C)[C@H]1C[C@H]1O[C@@H](c3ccc(N)cc3)O[C@]12C(=O)CO. The van der Waals surface area contributed by atoms with Gasteiger partial charge in [-0.2, -0.15) is 0 Å². The molecule has 35 heavy (non-hydrogen) atoms. The number of nitrogens with two attached hydrogens (primary N) is 1. The lowest BCUT2D eigenvalue weighted by molar-refractivity contribution is -0.201. The zero-order valence-electron chi connectivity index (χ0n) is 20.1. The molecule has 6 rings (SSSR count). The van der Waals surface area contributed by atoms with Crippen LogP contribution in [0.15, 0.2) is 48.1 Å². The molecule has 1 aliphatic heterocycles. The largest absolute Gasteiger partial charge is 0.399 e. The predicted molar refractivity (Wildman–Crippen MR) is 128 cm³/mol. The minimum atomic E-state index is -1.33. The topological polar surface area (TPSA) is 119 Å². The van der Waals surface area contributed by atoms with Crippen LogP contribution in [0.5, 0.6) is 0 Å². The highest BCUT2D eigenvalue weighted by Gasteiger charge is 2.75. The van der Waals surface area contributed by atoms with E-state index in [2.05, 4.69) is 6.92 Å². The molecule has 3 saturated carbocycles. The van der Waals surface area contributed by atoms with Crippen LogP contribution in [-0.2, 0) is 19.1 Å². The third kappa shape index (κ3) is 2.92. The van der Waals surface area contributed by atoms with Crippen molar-refractivity contribution in [1.82, 2.24) is 0 Å². The molecule has 0 aromatic heterocycles. The van der Waals surface area contributed by atoms with Crippen molar-refractivity contribution in [2.45, 2.75) is 63.6 Å². The van der Waals surface area contributed by atoms with Gasteiger partial charge in [-0.1, -0.05) is 37.6 Å². The molecule has 7 nitrogen and oxygen atoms in total. The van der Waals surface area contributed by atoms with Gasteiger partial charge in [-0.15, -0.1) is 0 Å². The highest BCUT2D eigenvalue weighted by molar-refractivity contribution is 6.01. The summed E-state index contributed by atoms with van der Waals surface area (Å²) in [5.74, 6) is -0.225. The summed E-state index contributed by atoms with van der Waals surface area (Å²) in [4.78, 5) is 25.5. The summed E-state index contributed by atoms with van der Waals surface area (Å²) in [6.45, 7) is 3.52. The number of allylic oxidation sites excluding steroid dienone is 4. The summed E-state index contributed by atoms with van der Waals surface area (Å²) < 4.78 is 13.0. The number of anilines is 1. The average molecular weight is 480 g/mol. The molecule has 0 radical (unpaired) electrons. The first kappa shape index (κ1) is 23.1. The average Bonchev–Trinajstić information content (AvgIpc) is 3.32. The fourth-order valence-corrected chi connectivity index (χ4v) is 8.49. The van der Waals surface area contributed by atoms with Crippen molar-refractivity contribution in [2.75, 3.05) is 12.3 Å². The van der Waals surface area contributed by atoms with Gasteiger partial charge in [0.1, 0.15) is 6.61 Å². The Balaban J connectivity index is 1.39. The van der Waals surface area contributed by atoms with Crippen LogP contribution in [0.25, 0.3) is 0 Å². The van der Waals surface area contributed by atoms with Crippen molar-refractivity contribution in [3.05, 3.63) is 53.6 Å². The molecule has 0 unspecified atom stereocenters. The van der Waals surface area contributed by atoms with Crippen molar-refractivity contribution < 1.29 is 29.3 Å². The second-order valence-corrected chi connectivity index (χ2v) is 11.5. The quantitative estimate of drug-likeness (QED) is 0.571. The number of nitrogen functional groups attached to an aromatic ring is 1. The fraction of sp³-hybridized carbons (Fsp3) is 0.571. The Labute approximate surface area is 205 Å². The molecule has 5 aliphatic rings. The molecular formula is C28H33NO6. The fourth-order valence-electron chi connectivity index (χ4n) is 8.49. The lowest BCUT2D eigenvalue weighted by Gasteiger charge is -2.59. The Hall–Kier alpha value is -2.32. The molecule has 0 bridgehead atoms. The molecule has 4 aliphatic carbocycles. The number of benzene rings is 1. The Morgan fingerprint density at radius 2 is 1.97 bits per heavy atom. The van der Waals surface area contributed by atoms with Crippen molar-refractivity contribution in [1.29, 1.82) is 0 Å². The van der Waals surface area contributed by atoms with E-state index in [9.17, 15) is 19.8 Å². The van der Waals surface area contributed by atoms with E-state index in [0.717, 1.165) is 24.0 Å². The predicted octanol–water partition coefficient (Wildman–Crippen LogP) is 2.87. The maximum atomic E-state index is 13.5. The molecule has 4 fully saturated rings. The minimum Gasteiger partial charge on any atom is -0.399 e. The number of ketones is 2. The molecule has 0 amide bonds. The zero-order valence-corrected chi connectivity index (χ0v) is 20.1. The third-order valence-corrected chi connectivity index (χ3v) is 10.0. The summed E-state index contributed by atoms with van der Waals surface area (Å²) in [6, 6.07) is 7.20. The van der Waals surface area contributed by atoms with Crippen molar-refractivity contribution in [2.24, 2.45) is 28.6 Å². The number of aliphatic hydroxyl groups is 2. The zero-order chi connectivity index (χ0) is 24.8. The molecule has 1 heterocycles. The highest BCUT2D eigenvalue weighted by Crippen LogP contribution is 2.70. The lowest BCUT2D eigenvalue weighted by Crippen LogP contribution is -2.63. The van der Waals surface area contributed by atoms with Gasteiger partial charge in [-0.25, -0.2) is 0 Å². The number of ether oxygens (including phenoxy) is 2. The number of carbonyl (C=O) groups excluding carboxylic acids is 2. The summed E-state index contributed by atoms with van der Waals surface area (Å²) in [5.41, 5.74) is 5.89. The van der Waals surface area contributed by atoms with Crippen LogP contribution in [0.4, 0.5) is 5.69 Å². The van der Waals surface area contributed by atoms with Crippen LogP contribution in [0.2, 0.25) is 0 Å². The van der Waals surface area contributed by atoms with E-state index in [4.69, 9.17) is 15.2 Å². The number of rotatable bonds is 3. The van der Waals surface area contributed by atoms with E-state index >= 15 is 0 Å². The van der Waals surface area contributed by atoms with E-state index in [1.807, 2.05) is 25.1 Å². The molecule has 186 valence electrons. The number of hydrogen-bond donors (Lipinski definition) is 3. The van der Waals surface area contributed by atoms with Gasteiger partial charge >= 0.3 is 0 Å². The molecule has 1 aromatic carbocycles. The minimum absolute atomic E-state index is 0.00414. The van der Waals surface area contributed by atoms with E-state index in [-0.39, 0.29) is 29.3 Å². The number of carbonyl (C=O) groups is 2. The smallest absolute Gasteiger partial charge is 0.193 e. The first-order valence-electron chi connectivity index (χ1n) is 12.6. The summed E-state index contributed by atoms with van der Waals surface area (Å²) >= 11 is 0. The highest BCUT2D eigenvalue weighted by atomic mass is 16.7.